The Morgan fingerprint density at radius 3 is 2.72 bits per heavy atom. The molecule has 0 aromatic carbocycles. The predicted molar refractivity (Wildman–Crippen MR) is 73.2 cm³/mol. The van der Waals surface area contributed by atoms with Crippen LogP contribution in [0.4, 0.5) is 0 Å². The lowest BCUT2D eigenvalue weighted by atomic mass is 10.4. The largest absolute Gasteiger partial charge is 0.311 e. The Kier molecular flexibility index (Phi) is 6.35. The summed E-state index contributed by atoms with van der Waals surface area (Å²) in [6.07, 6.45) is 3.47. The number of nitrogens with one attached hydrogen (secondary N) is 1. The molecule has 0 atom stereocenters. The van der Waals surface area contributed by atoms with E-state index in [0.717, 1.165) is 25.2 Å². The van der Waals surface area contributed by atoms with Gasteiger partial charge in [-0.1, -0.05) is 13.8 Å². The first-order valence-electron chi connectivity index (χ1n) is 6.51. The van der Waals surface area contributed by atoms with Gasteiger partial charge in [-0.3, -0.25) is 4.68 Å². The molecule has 1 aromatic rings. The summed E-state index contributed by atoms with van der Waals surface area (Å²) in [5.74, 6) is 0.432. The second-order valence-electron chi connectivity index (χ2n) is 4.37. The third-order valence-electron chi connectivity index (χ3n) is 2.67. The van der Waals surface area contributed by atoms with Crippen molar-refractivity contribution in [3.63, 3.8) is 0 Å². The van der Waals surface area contributed by atoms with Gasteiger partial charge < -0.3 is 5.32 Å². The first-order chi connectivity index (χ1) is 8.59. The molecule has 0 unspecified atom stereocenters. The summed E-state index contributed by atoms with van der Waals surface area (Å²) >= 11 is 0. The highest BCUT2D eigenvalue weighted by molar-refractivity contribution is 7.91. The summed E-state index contributed by atoms with van der Waals surface area (Å²) in [4.78, 5) is 0. The van der Waals surface area contributed by atoms with E-state index in [1.807, 2.05) is 13.0 Å². The van der Waals surface area contributed by atoms with Gasteiger partial charge in [0, 0.05) is 18.5 Å². The molecule has 104 valence electrons. The zero-order chi connectivity index (χ0) is 13.4. The highest BCUT2D eigenvalue weighted by atomic mass is 32.2. The number of hydrogen-bond donors (Lipinski definition) is 1. The molecule has 5 nitrogen and oxygen atoms in total. The Morgan fingerprint density at radius 2 is 2.06 bits per heavy atom. The molecule has 0 aliphatic heterocycles. The first-order valence-corrected chi connectivity index (χ1v) is 8.33. The van der Waals surface area contributed by atoms with E-state index < -0.39 is 9.84 Å². The van der Waals surface area contributed by atoms with Gasteiger partial charge in [0.25, 0.3) is 0 Å². The van der Waals surface area contributed by atoms with Gasteiger partial charge in [-0.15, -0.1) is 0 Å². The molecular weight excluding hydrogens is 250 g/mol. The fourth-order valence-electron chi connectivity index (χ4n) is 1.74. The summed E-state index contributed by atoms with van der Waals surface area (Å²) in [7, 11) is -2.93. The van der Waals surface area contributed by atoms with Crippen LogP contribution in [-0.4, -0.2) is 36.2 Å². The maximum absolute atomic E-state index is 11.6. The van der Waals surface area contributed by atoms with Gasteiger partial charge in [-0.05, 0) is 25.5 Å². The number of rotatable bonds is 9. The summed E-state index contributed by atoms with van der Waals surface area (Å²) < 4.78 is 25.1. The number of nitrogens with zero attached hydrogens (tertiary/aromatic N) is 2. The van der Waals surface area contributed by atoms with Gasteiger partial charge in [-0.2, -0.15) is 5.10 Å². The lowest BCUT2D eigenvalue weighted by Gasteiger charge is -2.08. The van der Waals surface area contributed by atoms with Crippen LogP contribution in [0.15, 0.2) is 12.3 Å². The quantitative estimate of drug-likeness (QED) is 0.687. The van der Waals surface area contributed by atoms with E-state index in [-0.39, 0.29) is 11.5 Å². The van der Waals surface area contributed by atoms with Gasteiger partial charge in [0.15, 0.2) is 9.84 Å². The first kappa shape index (κ1) is 15.2. The number of aromatic nitrogens is 2. The minimum atomic E-state index is -2.93. The Labute approximate surface area is 109 Å². The lowest BCUT2D eigenvalue weighted by molar-refractivity contribution is 0.559. The maximum atomic E-state index is 11.6. The number of aryl methyl sites for hydroxylation is 1. The highest BCUT2D eigenvalue weighted by Gasteiger charge is 2.11. The summed E-state index contributed by atoms with van der Waals surface area (Å²) in [6.45, 7) is 6.13. The minimum Gasteiger partial charge on any atom is -0.311 e. The Morgan fingerprint density at radius 1 is 1.28 bits per heavy atom. The van der Waals surface area contributed by atoms with Crippen molar-refractivity contribution < 1.29 is 8.42 Å². The monoisotopic (exact) mass is 273 g/mol. The second-order valence-corrected chi connectivity index (χ2v) is 6.68. The Balaban J connectivity index is 2.50. The van der Waals surface area contributed by atoms with Crippen molar-refractivity contribution in [3.8, 4) is 0 Å². The molecule has 0 aliphatic rings. The van der Waals surface area contributed by atoms with Crippen LogP contribution >= 0.6 is 0 Å². The predicted octanol–water partition coefficient (Wildman–Crippen LogP) is 1.21. The number of sulfone groups is 1. The smallest absolute Gasteiger partial charge is 0.152 e. The molecule has 1 heterocycles. The molecule has 0 radical (unpaired) electrons. The molecule has 1 aromatic heterocycles. The molecule has 0 spiro atoms. The molecule has 0 saturated carbocycles. The van der Waals surface area contributed by atoms with Crippen molar-refractivity contribution >= 4 is 9.84 Å². The van der Waals surface area contributed by atoms with Crippen LogP contribution in [0.2, 0.25) is 0 Å². The van der Waals surface area contributed by atoms with Crippen LogP contribution in [-0.2, 0) is 22.9 Å². The molecule has 18 heavy (non-hydrogen) atoms. The van der Waals surface area contributed by atoms with E-state index in [9.17, 15) is 8.42 Å². The van der Waals surface area contributed by atoms with Crippen molar-refractivity contribution in [3.05, 3.63) is 18.0 Å². The van der Waals surface area contributed by atoms with Crippen molar-refractivity contribution in [2.45, 2.75) is 39.8 Å². The summed E-state index contributed by atoms with van der Waals surface area (Å²) in [5, 5.41) is 7.46. The second kappa shape index (κ2) is 7.53. The lowest BCUT2D eigenvalue weighted by Crippen LogP contribution is -2.21. The molecule has 0 saturated heterocycles. The van der Waals surface area contributed by atoms with Crippen molar-refractivity contribution in [1.82, 2.24) is 15.1 Å². The highest BCUT2D eigenvalue weighted by Crippen LogP contribution is 2.01. The van der Waals surface area contributed by atoms with E-state index in [4.69, 9.17) is 0 Å². The average Bonchev–Trinajstić information content (AvgIpc) is 2.75. The molecule has 6 heteroatoms. The SMILES string of the molecule is CCCNCc1ccnn1CCS(=O)(=O)CCC. The van der Waals surface area contributed by atoms with Gasteiger partial charge >= 0.3 is 0 Å². The maximum Gasteiger partial charge on any atom is 0.152 e. The van der Waals surface area contributed by atoms with E-state index in [2.05, 4.69) is 17.3 Å². The van der Waals surface area contributed by atoms with Crippen molar-refractivity contribution in [1.29, 1.82) is 0 Å². The molecule has 0 amide bonds. The molecule has 0 aliphatic carbocycles. The van der Waals surface area contributed by atoms with E-state index in [0.29, 0.717) is 13.0 Å². The van der Waals surface area contributed by atoms with E-state index in [1.54, 1.807) is 10.9 Å². The van der Waals surface area contributed by atoms with Gasteiger partial charge in [0.1, 0.15) is 0 Å². The Hall–Kier alpha value is -0.880. The molecule has 0 bridgehead atoms. The van der Waals surface area contributed by atoms with Crippen LogP contribution in [0.1, 0.15) is 32.4 Å². The van der Waals surface area contributed by atoms with Crippen LogP contribution in [0.3, 0.4) is 0 Å². The zero-order valence-electron chi connectivity index (χ0n) is 11.2. The van der Waals surface area contributed by atoms with Crippen molar-refractivity contribution in [2.24, 2.45) is 0 Å². The molecule has 1 rings (SSSR count). The minimum absolute atomic E-state index is 0.170. The zero-order valence-corrected chi connectivity index (χ0v) is 12.0. The fraction of sp³-hybridized carbons (Fsp3) is 0.750. The van der Waals surface area contributed by atoms with Gasteiger partial charge in [0.2, 0.25) is 0 Å². The van der Waals surface area contributed by atoms with Crippen LogP contribution < -0.4 is 5.32 Å². The average molecular weight is 273 g/mol. The molecule has 0 fully saturated rings. The Bertz CT molecular complexity index is 440. The number of hydrogen-bond acceptors (Lipinski definition) is 4. The molecular formula is C12H23N3O2S. The standard InChI is InChI=1S/C12H23N3O2S/c1-3-6-13-11-12-5-7-14-15(12)8-10-18(16,17)9-4-2/h5,7,13H,3-4,6,8-11H2,1-2H3. The topological polar surface area (TPSA) is 64.0 Å². The van der Waals surface area contributed by atoms with Gasteiger partial charge in [-0.25, -0.2) is 8.42 Å². The fourth-order valence-corrected chi connectivity index (χ4v) is 3.02. The molecule has 1 N–H and O–H groups in total. The van der Waals surface area contributed by atoms with Gasteiger partial charge in [0.05, 0.1) is 18.0 Å². The normalized spacial score (nSPS) is 11.9. The van der Waals surface area contributed by atoms with Crippen LogP contribution in [0.25, 0.3) is 0 Å². The van der Waals surface area contributed by atoms with Crippen molar-refractivity contribution in [2.75, 3.05) is 18.1 Å². The van der Waals surface area contributed by atoms with Crippen LogP contribution in [0.5, 0.6) is 0 Å². The summed E-state index contributed by atoms with van der Waals surface area (Å²) in [5.41, 5.74) is 1.04. The third-order valence-corrected chi connectivity index (χ3v) is 4.50. The van der Waals surface area contributed by atoms with Crippen LogP contribution in [0, 0.1) is 0 Å². The van der Waals surface area contributed by atoms with E-state index >= 15 is 0 Å². The third kappa shape index (κ3) is 5.18. The summed E-state index contributed by atoms with van der Waals surface area (Å²) in [6, 6.07) is 1.93. The van der Waals surface area contributed by atoms with E-state index in [1.165, 1.54) is 0 Å².